The Morgan fingerprint density at radius 3 is 2.31 bits per heavy atom. The molecule has 4 rings (SSSR count). The van der Waals surface area contributed by atoms with E-state index >= 15 is 0 Å². The van der Waals surface area contributed by atoms with E-state index < -0.39 is 0 Å². The highest BCUT2D eigenvalue weighted by molar-refractivity contribution is 6.11. The van der Waals surface area contributed by atoms with E-state index in [-0.39, 0.29) is 0 Å². The van der Waals surface area contributed by atoms with Crippen LogP contribution in [-0.4, -0.2) is 25.9 Å². The van der Waals surface area contributed by atoms with Crippen molar-refractivity contribution in [3.63, 3.8) is 0 Å². The first-order valence-electron chi connectivity index (χ1n) is 10.7. The van der Waals surface area contributed by atoms with Gasteiger partial charge in [-0.1, -0.05) is 97.8 Å². The molecule has 6 nitrogen and oxygen atoms in total. The number of tetrazole rings is 1. The van der Waals surface area contributed by atoms with Crippen molar-refractivity contribution in [1.29, 1.82) is 0 Å². The highest BCUT2D eigenvalue weighted by atomic mass is 15.6. The SMILES string of the molecule is CC(C)Cc1ccc(C=CC(=NNc2nnnn2-c2ccccc2)c2ccccc2)cc1. The molecule has 1 aromatic heterocycles. The van der Waals surface area contributed by atoms with E-state index in [0.29, 0.717) is 11.9 Å². The molecule has 0 aliphatic heterocycles. The Balaban J connectivity index is 1.58. The summed E-state index contributed by atoms with van der Waals surface area (Å²) in [5.74, 6) is 1.09. The van der Waals surface area contributed by atoms with E-state index in [4.69, 9.17) is 0 Å². The molecule has 0 radical (unpaired) electrons. The molecular weight excluding hydrogens is 396 g/mol. The Labute approximate surface area is 188 Å². The van der Waals surface area contributed by atoms with Gasteiger partial charge in [0.1, 0.15) is 0 Å². The van der Waals surface area contributed by atoms with Crippen LogP contribution in [0.25, 0.3) is 11.8 Å². The van der Waals surface area contributed by atoms with Crippen LogP contribution in [0, 0.1) is 5.92 Å². The maximum absolute atomic E-state index is 4.61. The Kier molecular flexibility index (Phi) is 6.82. The number of para-hydroxylation sites is 1. The summed E-state index contributed by atoms with van der Waals surface area (Å²) in [5.41, 5.74) is 8.12. The van der Waals surface area contributed by atoms with E-state index in [9.17, 15) is 0 Å². The molecule has 3 aromatic carbocycles. The van der Waals surface area contributed by atoms with Crippen LogP contribution in [0.3, 0.4) is 0 Å². The van der Waals surface area contributed by atoms with Crippen LogP contribution in [-0.2, 0) is 6.42 Å². The molecule has 1 N–H and O–H groups in total. The lowest BCUT2D eigenvalue weighted by atomic mass is 10.0. The number of aromatic nitrogens is 4. The summed E-state index contributed by atoms with van der Waals surface area (Å²) in [7, 11) is 0. The fraction of sp³-hybridized carbons (Fsp3) is 0.154. The van der Waals surface area contributed by atoms with Gasteiger partial charge in [0.05, 0.1) is 11.4 Å². The Hall–Kier alpha value is -4.06. The number of hydrogen-bond donors (Lipinski definition) is 1. The molecule has 0 aliphatic rings. The lowest BCUT2D eigenvalue weighted by molar-refractivity contribution is 0.647. The van der Waals surface area contributed by atoms with Gasteiger partial charge >= 0.3 is 0 Å². The number of rotatable bonds is 8. The lowest BCUT2D eigenvalue weighted by Gasteiger charge is -2.06. The molecule has 0 amide bonds. The zero-order valence-corrected chi connectivity index (χ0v) is 18.3. The summed E-state index contributed by atoms with van der Waals surface area (Å²) < 4.78 is 1.61. The van der Waals surface area contributed by atoms with Gasteiger partial charge in [-0.15, -0.1) is 0 Å². The van der Waals surface area contributed by atoms with Crippen LogP contribution in [0.1, 0.15) is 30.5 Å². The summed E-state index contributed by atoms with van der Waals surface area (Å²) in [6, 6.07) is 28.4. The third-order valence-corrected chi connectivity index (χ3v) is 4.87. The van der Waals surface area contributed by atoms with Crippen molar-refractivity contribution < 1.29 is 0 Å². The van der Waals surface area contributed by atoms with Crippen molar-refractivity contribution in [2.45, 2.75) is 20.3 Å². The first-order valence-corrected chi connectivity index (χ1v) is 10.7. The van der Waals surface area contributed by atoms with E-state index in [2.05, 4.69) is 70.2 Å². The molecule has 0 fully saturated rings. The minimum absolute atomic E-state index is 0.441. The van der Waals surface area contributed by atoms with Crippen LogP contribution in [0.5, 0.6) is 0 Å². The Morgan fingerprint density at radius 2 is 1.62 bits per heavy atom. The van der Waals surface area contributed by atoms with Crippen LogP contribution in [0.15, 0.2) is 96.1 Å². The summed E-state index contributed by atoms with van der Waals surface area (Å²) in [6.45, 7) is 4.47. The van der Waals surface area contributed by atoms with E-state index in [1.54, 1.807) is 4.68 Å². The summed E-state index contributed by atoms with van der Waals surface area (Å²) in [5, 5.41) is 16.5. The predicted octanol–water partition coefficient (Wildman–Crippen LogP) is 5.39. The summed E-state index contributed by atoms with van der Waals surface area (Å²) in [4.78, 5) is 0. The molecule has 160 valence electrons. The van der Waals surface area contributed by atoms with Crippen molar-refractivity contribution in [2.75, 3.05) is 5.43 Å². The lowest BCUT2D eigenvalue weighted by Crippen LogP contribution is -2.06. The minimum Gasteiger partial charge on any atom is -0.243 e. The molecule has 4 aromatic rings. The quantitative estimate of drug-likeness (QED) is 0.305. The van der Waals surface area contributed by atoms with Crippen LogP contribution in [0.4, 0.5) is 5.95 Å². The first kappa shape index (κ1) is 21.2. The average Bonchev–Trinajstić information content (AvgIpc) is 3.29. The molecule has 0 spiro atoms. The number of hydrazone groups is 1. The van der Waals surface area contributed by atoms with Crippen molar-refractivity contribution in [2.24, 2.45) is 11.0 Å². The Morgan fingerprint density at radius 1 is 0.938 bits per heavy atom. The standard InChI is InChI=1S/C26H26N6/c1-20(2)19-22-15-13-21(14-16-22)17-18-25(23-9-5-3-6-10-23)27-28-26-29-30-31-32(26)24-11-7-4-8-12-24/h3-18,20H,19H2,1-2H3,(H,28,29,31). The summed E-state index contributed by atoms with van der Waals surface area (Å²) >= 11 is 0. The normalized spacial score (nSPS) is 11.9. The molecule has 0 bridgehead atoms. The van der Waals surface area contributed by atoms with Crippen LogP contribution in [0.2, 0.25) is 0 Å². The predicted molar refractivity (Wildman–Crippen MR) is 130 cm³/mol. The maximum Gasteiger partial charge on any atom is 0.268 e. The van der Waals surface area contributed by atoms with Gasteiger partial charge in [0.2, 0.25) is 0 Å². The molecule has 0 atom stereocenters. The number of nitrogens with zero attached hydrogens (tertiary/aromatic N) is 5. The maximum atomic E-state index is 4.61. The third kappa shape index (κ3) is 5.55. The van der Waals surface area contributed by atoms with E-state index in [1.165, 1.54) is 5.56 Å². The highest BCUT2D eigenvalue weighted by Gasteiger charge is 2.08. The third-order valence-electron chi connectivity index (χ3n) is 4.87. The van der Waals surface area contributed by atoms with E-state index in [1.807, 2.05) is 66.7 Å². The van der Waals surface area contributed by atoms with Gasteiger partial charge in [-0.05, 0) is 52.1 Å². The number of hydrogen-bond acceptors (Lipinski definition) is 5. The molecule has 32 heavy (non-hydrogen) atoms. The second kappa shape index (κ2) is 10.3. The number of allylic oxidation sites excluding steroid dienone is 1. The zero-order valence-electron chi connectivity index (χ0n) is 18.3. The fourth-order valence-electron chi connectivity index (χ4n) is 3.33. The molecule has 0 unspecified atom stereocenters. The second-order valence-corrected chi connectivity index (χ2v) is 7.90. The number of benzene rings is 3. The van der Waals surface area contributed by atoms with Gasteiger partial charge in [-0.3, -0.25) is 0 Å². The van der Waals surface area contributed by atoms with Crippen molar-refractivity contribution in [1.82, 2.24) is 20.2 Å². The van der Waals surface area contributed by atoms with Crippen molar-refractivity contribution in [3.05, 3.63) is 108 Å². The second-order valence-electron chi connectivity index (χ2n) is 7.90. The first-order chi connectivity index (χ1) is 15.7. The zero-order chi connectivity index (χ0) is 22.2. The molecule has 0 aliphatic carbocycles. The van der Waals surface area contributed by atoms with Gasteiger partial charge in [-0.2, -0.15) is 9.78 Å². The largest absolute Gasteiger partial charge is 0.268 e. The van der Waals surface area contributed by atoms with Crippen molar-refractivity contribution in [3.8, 4) is 5.69 Å². The number of anilines is 1. The van der Waals surface area contributed by atoms with Gasteiger partial charge in [0.25, 0.3) is 5.95 Å². The van der Waals surface area contributed by atoms with Crippen LogP contribution >= 0.6 is 0 Å². The van der Waals surface area contributed by atoms with E-state index in [0.717, 1.165) is 28.9 Å². The average molecular weight is 423 g/mol. The Bertz CT molecular complexity index is 1180. The monoisotopic (exact) mass is 422 g/mol. The van der Waals surface area contributed by atoms with Gasteiger partial charge < -0.3 is 0 Å². The molecule has 0 saturated heterocycles. The highest BCUT2D eigenvalue weighted by Crippen LogP contribution is 2.14. The minimum atomic E-state index is 0.441. The smallest absolute Gasteiger partial charge is 0.243 e. The van der Waals surface area contributed by atoms with Gasteiger partial charge in [0, 0.05) is 5.56 Å². The van der Waals surface area contributed by atoms with Gasteiger partial charge in [-0.25, -0.2) is 5.43 Å². The summed E-state index contributed by atoms with van der Waals surface area (Å²) in [6.07, 6.45) is 5.14. The van der Waals surface area contributed by atoms with Crippen LogP contribution < -0.4 is 5.43 Å². The molecule has 6 heteroatoms. The van der Waals surface area contributed by atoms with Crippen molar-refractivity contribution >= 4 is 17.7 Å². The number of nitrogens with one attached hydrogen (secondary N) is 1. The molecule has 1 heterocycles. The topological polar surface area (TPSA) is 68.0 Å². The molecule has 0 saturated carbocycles. The van der Waals surface area contributed by atoms with Gasteiger partial charge in [0.15, 0.2) is 0 Å². The molecular formula is C26H26N6. The fourth-order valence-corrected chi connectivity index (χ4v) is 3.33.